The largest absolute Gasteiger partial charge is 0.522 e. The zero-order valence-electron chi connectivity index (χ0n) is 8.37. The van der Waals surface area contributed by atoms with Crippen LogP contribution in [0.2, 0.25) is 0 Å². The van der Waals surface area contributed by atoms with Gasteiger partial charge in [0.1, 0.15) is 6.04 Å². The molecule has 1 aliphatic heterocycles. The number of aliphatic carboxylic acids is 1. The van der Waals surface area contributed by atoms with Crippen LogP contribution in [0.1, 0.15) is 0 Å². The van der Waals surface area contributed by atoms with E-state index in [1.54, 1.807) is 0 Å². The Labute approximate surface area is 94.7 Å². The van der Waals surface area contributed by atoms with Crippen LogP contribution < -0.4 is 0 Å². The minimum absolute atomic E-state index is 0.0168. The summed E-state index contributed by atoms with van der Waals surface area (Å²) < 4.78 is 38.7. The molecule has 0 spiro atoms. The first-order chi connectivity index (χ1) is 7.40. The molecule has 1 fully saturated rings. The number of alkyl halides is 3. The Morgan fingerprint density at radius 3 is 2.81 bits per heavy atom. The van der Waals surface area contributed by atoms with Crippen molar-refractivity contribution < 1.29 is 27.8 Å². The molecule has 0 aromatic rings. The first-order valence-electron chi connectivity index (χ1n) is 4.65. The van der Waals surface area contributed by atoms with Gasteiger partial charge in [-0.15, -0.1) is 13.2 Å². The average Bonchev–Trinajstić information content (AvgIpc) is 2.16. The molecule has 4 nitrogen and oxygen atoms in total. The van der Waals surface area contributed by atoms with Gasteiger partial charge in [0.2, 0.25) is 0 Å². The number of halogens is 3. The monoisotopic (exact) mass is 259 g/mol. The first kappa shape index (κ1) is 13.6. The lowest BCUT2D eigenvalue weighted by atomic mass is 10.3. The molecular weight excluding hydrogens is 247 g/mol. The van der Waals surface area contributed by atoms with E-state index in [0.29, 0.717) is 12.3 Å². The number of carbonyl (C=O) groups is 1. The third-order valence-corrected chi connectivity index (χ3v) is 3.19. The van der Waals surface area contributed by atoms with Gasteiger partial charge in [-0.2, -0.15) is 11.8 Å². The topological polar surface area (TPSA) is 49.8 Å². The van der Waals surface area contributed by atoms with Gasteiger partial charge >= 0.3 is 12.3 Å². The maximum Gasteiger partial charge on any atom is 0.522 e. The molecular formula is C8H12F3NO3S. The molecule has 0 aromatic heterocycles. The minimum Gasteiger partial charge on any atom is -0.480 e. The second kappa shape index (κ2) is 5.74. The number of hydrogen-bond acceptors (Lipinski definition) is 4. The second-order valence-electron chi connectivity index (χ2n) is 3.26. The van der Waals surface area contributed by atoms with Gasteiger partial charge in [-0.05, 0) is 0 Å². The molecule has 1 unspecified atom stereocenters. The van der Waals surface area contributed by atoms with Crippen molar-refractivity contribution in [1.29, 1.82) is 0 Å². The van der Waals surface area contributed by atoms with Crippen LogP contribution in [0.3, 0.4) is 0 Å². The Balaban J connectivity index is 2.36. The SMILES string of the molecule is O=C(O)C1CSCCN1CCOC(F)(F)F. The molecule has 1 aliphatic rings. The highest BCUT2D eigenvalue weighted by Crippen LogP contribution is 2.18. The molecule has 8 heteroatoms. The van der Waals surface area contributed by atoms with E-state index in [2.05, 4.69) is 4.74 Å². The van der Waals surface area contributed by atoms with Gasteiger partial charge in [0.15, 0.2) is 0 Å². The van der Waals surface area contributed by atoms with Crippen LogP contribution in [0.25, 0.3) is 0 Å². The van der Waals surface area contributed by atoms with E-state index in [9.17, 15) is 18.0 Å². The van der Waals surface area contributed by atoms with Crippen LogP contribution in [-0.4, -0.2) is 59.6 Å². The van der Waals surface area contributed by atoms with E-state index < -0.39 is 25.0 Å². The number of carboxylic acids is 1. The molecule has 1 N–H and O–H groups in total. The Morgan fingerprint density at radius 1 is 1.56 bits per heavy atom. The Hall–Kier alpha value is -0.470. The smallest absolute Gasteiger partial charge is 0.480 e. The van der Waals surface area contributed by atoms with E-state index in [1.165, 1.54) is 16.7 Å². The fraction of sp³-hybridized carbons (Fsp3) is 0.875. The fourth-order valence-electron chi connectivity index (χ4n) is 1.41. The van der Waals surface area contributed by atoms with Crippen LogP contribution in [0.4, 0.5) is 13.2 Å². The van der Waals surface area contributed by atoms with Crippen molar-refractivity contribution in [2.75, 3.05) is 31.2 Å². The van der Waals surface area contributed by atoms with E-state index in [-0.39, 0.29) is 6.54 Å². The predicted molar refractivity (Wildman–Crippen MR) is 52.3 cm³/mol. The number of ether oxygens (including phenoxy) is 1. The highest BCUT2D eigenvalue weighted by molar-refractivity contribution is 7.99. The molecule has 0 radical (unpaired) electrons. The summed E-state index contributed by atoms with van der Waals surface area (Å²) in [6.45, 7) is -0.0716. The average molecular weight is 259 g/mol. The Morgan fingerprint density at radius 2 is 2.25 bits per heavy atom. The number of nitrogens with zero attached hydrogens (tertiary/aromatic N) is 1. The lowest BCUT2D eigenvalue weighted by Crippen LogP contribution is -2.48. The molecule has 1 rings (SSSR count). The van der Waals surface area contributed by atoms with Crippen molar-refractivity contribution >= 4 is 17.7 Å². The normalized spacial score (nSPS) is 23.3. The van der Waals surface area contributed by atoms with Crippen LogP contribution in [0.5, 0.6) is 0 Å². The van der Waals surface area contributed by atoms with E-state index >= 15 is 0 Å². The van der Waals surface area contributed by atoms with Crippen molar-refractivity contribution in [1.82, 2.24) is 4.90 Å². The van der Waals surface area contributed by atoms with Gasteiger partial charge in [-0.25, -0.2) is 0 Å². The molecule has 1 atom stereocenters. The van der Waals surface area contributed by atoms with Gasteiger partial charge in [0.25, 0.3) is 0 Å². The van der Waals surface area contributed by atoms with Gasteiger partial charge in [0.05, 0.1) is 6.61 Å². The summed E-state index contributed by atoms with van der Waals surface area (Å²) in [6.07, 6.45) is -4.65. The van der Waals surface area contributed by atoms with Crippen molar-refractivity contribution in [3.8, 4) is 0 Å². The van der Waals surface area contributed by atoms with Crippen LogP contribution in [0.15, 0.2) is 0 Å². The fourth-order valence-corrected chi connectivity index (χ4v) is 2.52. The van der Waals surface area contributed by atoms with E-state index in [1.807, 2.05) is 0 Å². The summed E-state index contributed by atoms with van der Waals surface area (Å²) in [5, 5.41) is 8.85. The first-order valence-corrected chi connectivity index (χ1v) is 5.81. The lowest BCUT2D eigenvalue weighted by molar-refractivity contribution is -0.325. The van der Waals surface area contributed by atoms with Crippen molar-refractivity contribution in [3.05, 3.63) is 0 Å². The van der Waals surface area contributed by atoms with Gasteiger partial charge in [-0.3, -0.25) is 14.4 Å². The third-order valence-electron chi connectivity index (χ3n) is 2.17. The summed E-state index contributed by atoms with van der Waals surface area (Å²) in [7, 11) is 0. The predicted octanol–water partition coefficient (Wildman–Crippen LogP) is 1.02. The summed E-state index contributed by atoms with van der Waals surface area (Å²) >= 11 is 1.49. The molecule has 1 saturated heterocycles. The standard InChI is InChI=1S/C8H12F3NO3S/c9-8(10,11)15-3-1-12-2-4-16-5-6(12)7(13)14/h6H,1-5H2,(H,13,14). The molecule has 0 bridgehead atoms. The number of carboxylic acid groups (broad SMARTS) is 1. The van der Waals surface area contributed by atoms with Crippen LogP contribution in [0, 0.1) is 0 Å². The van der Waals surface area contributed by atoms with Gasteiger partial charge in [-0.1, -0.05) is 0 Å². The van der Waals surface area contributed by atoms with Gasteiger partial charge in [0, 0.05) is 24.6 Å². The number of rotatable bonds is 4. The summed E-state index contributed by atoms with van der Waals surface area (Å²) in [6, 6.07) is -0.712. The summed E-state index contributed by atoms with van der Waals surface area (Å²) in [5.41, 5.74) is 0. The van der Waals surface area contributed by atoms with Gasteiger partial charge < -0.3 is 5.11 Å². The Bertz CT molecular complexity index is 249. The zero-order valence-corrected chi connectivity index (χ0v) is 9.18. The van der Waals surface area contributed by atoms with E-state index in [4.69, 9.17) is 5.11 Å². The summed E-state index contributed by atoms with van der Waals surface area (Å²) in [5.74, 6) is 0.135. The number of thioether (sulfide) groups is 1. The second-order valence-corrected chi connectivity index (χ2v) is 4.41. The molecule has 1 heterocycles. The maximum atomic E-state index is 11.7. The lowest BCUT2D eigenvalue weighted by Gasteiger charge is -2.32. The highest BCUT2D eigenvalue weighted by atomic mass is 32.2. The zero-order chi connectivity index (χ0) is 12.2. The molecule has 0 amide bonds. The van der Waals surface area contributed by atoms with Crippen LogP contribution in [-0.2, 0) is 9.53 Å². The van der Waals surface area contributed by atoms with Crippen LogP contribution >= 0.6 is 11.8 Å². The molecule has 0 aromatic carbocycles. The van der Waals surface area contributed by atoms with Crippen molar-refractivity contribution in [2.24, 2.45) is 0 Å². The third kappa shape index (κ3) is 4.58. The highest BCUT2D eigenvalue weighted by Gasteiger charge is 2.32. The molecule has 94 valence electrons. The maximum absolute atomic E-state index is 11.7. The van der Waals surface area contributed by atoms with E-state index in [0.717, 1.165) is 5.75 Å². The summed E-state index contributed by atoms with van der Waals surface area (Å²) in [4.78, 5) is 12.3. The molecule has 0 aliphatic carbocycles. The quantitative estimate of drug-likeness (QED) is 0.817. The number of hydrogen-bond donors (Lipinski definition) is 1. The van der Waals surface area contributed by atoms with Crippen molar-refractivity contribution in [3.63, 3.8) is 0 Å². The van der Waals surface area contributed by atoms with Crippen molar-refractivity contribution in [2.45, 2.75) is 12.4 Å². The molecule has 0 saturated carbocycles. The molecule has 16 heavy (non-hydrogen) atoms. The minimum atomic E-state index is -4.65. The Kier molecular flexibility index (Phi) is 4.88.